The van der Waals surface area contributed by atoms with Crippen LogP contribution in [-0.4, -0.2) is 40.3 Å². The van der Waals surface area contributed by atoms with Crippen molar-refractivity contribution in [1.29, 1.82) is 0 Å². The highest BCUT2D eigenvalue weighted by molar-refractivity contribution is 5.89. The molecule has 7 heteroatoms. The molecular weight excluding hydrogens is 162 g/mol. The molecule has 0 unspecified atom stereocenters. The molecule has 12 heavy (non-hydrogen) atoms. The maximum atomic E-state index is 11.2. The number of hydrogen-bond acceptors (Lipinski definition) is 5. The molecule has 66 valence electrons. The first-order valence-electron chi connectivity index (χ1n) is 3.15. The Morgan fingerprint density at radius 3 is 2.83 bits per heavy atom. The smallest absolute Gasteiger partial charge is 0.314 e. The van der Waals surface area contributed by atoms with Crippen molar-refractivity contribution in [3.63, 3.8) is 0 Å². The molecule has 0 bridgehead atoms. The number of anilines is 1. The molecule has 0 aromatic carbocycles. The standard InChI is InChI=1S/C5H9N5O2/c1-10(12-2)4(11)3-7-5(6)9-8-3/h1-2H3,(H3,6,7,8,9). The summed E-state index contributed by atoms with van der Waals surface area (Å²) in [5, 5.41) is 6.87. The topological polar surface area (TPSA) is 97.1 Å². The molecule has 1 aromatic heterocycles. The normalized spacial score (nSPS) is 9.83. The van der Waals surface area contributed by atoms with Crippen LogP contribution in [0.1, 0.15) is 10.6 Å². The Hall–Kier alpha value is -1.63. The fraction of sp³-hybridized carbons (Fsp3) is 0.400. The van der Waals surface area contributed by atoms with Gasteiger partial charge < -0.3 is 5.73 Å². The SMILES string of the molecule is CON(C)C(=O)c1nc(N)n[nH]1. The van der Waals surface area contributed by atoms with E-state index in [0.717, 1.165) is 5.06 Å². The fourth-order valence-corrected chi connectivity index (χ4v) is 0.602. The van der Waals surface area contributed by atoms with Gasteiger partial charge in [-0.15, -0.1) is 5.10 Å². The summed E-state index contributed by atoms with van der Waals surface area (Å²) in [5.74, 6) is -0.346. The average molecular weight is 171 g/mol. The summed E-state index contributed by atoms with van der Waals surface area (Å²) in [6, 6.07) is 0. The molecule has 1 heterocycles. The largest absolute Gasteiger partial charge is 0.366 e. The lowest BCUT2D eigenvalue weighted by Crippen LogP contribution is -2.26. The average Bonchev–Trinajstić information content (AvgIpc) is 2.49. The molecule has 3 N–H and O–H groups in total. The van der Waals surface area contributed by atoms with E-state index < -0.39 is 5.91 Å². The first-order valence-corrected chi connectivity index (χ1v) is 3.15. The second kappa shape index (κ2) is 3.18. The van der Waals surface area contributed by atoms with Crippen molar-refractivity contribution in [3.05, 3.63) is 5.82 Å². The number of nitrogens with zero attached hydrogens (tertiary/aromatic N) is 3. The zero-order valence-corrected chi connectivity index (χ0v) is 6.74. The molecule has 1 aromatic rings. The lowest BCUT2D eigenvalue weighted by atomic mass is 10.6. The van der Waals surface area contributed by atoms with Gasteiger partial charge in [0.1, 0.15) is 0 Å². The Morgan fingerprint density at radius 2 is 2.42 bits per heavy atom. The molecule has 7 nitrogen and oxygen atoms in total. The van der Waals surface area contributed by atoms with Crippen LogP contribution in [0.2, 0.25) is 0 Å². The number of nitrogen functional groups attached to an aromatic ring is 1. The number of nitrogens with two attached hydrogens (primary N) is 1. The Balaban J connectivity index is 2.78. The van der Waals surface area contributed by atoms with Crippen LogP contribution in [0.4, 0.5) is 5.95 Å². The molecule has 0 aliphatic rings. The molecule has 1 rings (SSSR count). The molecule has 0 radical (unpaired) electrons. The van der Waals surface area contributed by atoms with Gasteiger partial charge in [0.15, 0.2) is 0 Å². The van der Waals surface area contributed by atoms with Gasteiger partial charge >= 0.3 is 5.91 Å². The summed E-state index contributed by atoms with van der Waals surface area (Å²) in [5.41, 5.74) is 5.19. The van der Waals surface area contributed by atoms with E-state index in [1.807, 2.05) is 0 Å². The van der Waals surface area contributed by atoms with Crippen molar-refractivity contribution in [2.75, 3.05) is 19.9 Å². The van der Waals surface area contributed by atoms with Gasteiger partial charge in [-0.05, 0) is 0 Å². The third kappa shape index (κ3) is 1.51. The van der Waals surface area contributed by atoms with E-state index in [1.54, 1.807) is 0 Å². The van der Waals surface area contributed by atoms with Gasteiger partial charge in [-0.25, -0.2) is 5.06 Å². The van der Waals surface area contributed by atoms with Gasteiger partial charge in [0.25, 0.3) is 0 Å². The van der Waals surface area contributed by atoms with Crippen molar-refractivity contribution >= 4 is 11.9 Å². The predicted octanol–water partition coefficient (Wildman–Crippen LogP) is -0.980. The van der Waals surface area contributed by atoms with E-state index >= 15 is 0 Å². The molecule has 0 saturated carbocycles. The number of aromatic amines is 1. The van der Waals surface area contributed by atoms with E-state index in [1.165, 1.54) is 14.2 Å². The van der Waals surface area contributed by atoms with Crippen LogP contribution in [0.5, 0.6) is 0 Å². The molecule has 0 atom stereocenters. The maximum Gasteiger partial charge on any atom is 0.314 e. The summed E-state index contributed by atoms with van der Waals surface area (Å²) >= 11 is 0. The van der Waals surface area contributed by atoms with Gasteiger partial charge in [0, 0.05) is 7.05 Å². The first-order chi connectivity index (χ1) is 5.65. The summed E-state index contributed by atoms with van der Waals surface area (Å²) in [6.07, 6.45) is 0. The summed E-state index contributed by atoms with van der Waals surface area (Å²) in [6.45, 7) is 0. The quantitative estimate of drug-likeness (QED) is 0.557. The second-order valence-electron chi connectivity index (χ2n) is 2.03. The van der Waals surface area contributed by atoms with Crippen LogP contribution in [0, 0.1) is 0 Å². The second-order valence-corrected chi connectivity index (χ2v) is 2.03. The highest BCUT2D eigenvalue weighted by atomic mass is 16.7. The summed E-state index contributed by atoms with van der Waals surface area (Å²) < 4.78 is 0. The number of aromatic nitrogens is 3. The van der Waals surface area contributed by atoms with Gasteiger partial charge in [0.05, 0.1) is 7.11 Å². The van der Waals surface area contributed by atoms with Crippen LogP contribution >= 0.6 is 0 Å². The molecule has 0 fully saturated rings. The van der Waals surface area contributed by atoms with Crippen molar-refractivity contribution in [2.24, 2.45) is 0 Å². The highest BCUT2D eigenvalue weighted by Crippen LogP contribution is 1.97. The number of rotatable bonds is 2. The lowest BCUT2D eigenvalue weighted by molar-refractivity contribution is -0.0764. The number of carbonyl (C=O) groups excluding carboxylic acids is 1. The molecular formula is C5H9N5O2. The number of nitrogens with one attached hydrogen (secondary N) is 1. The van der Waals surface area contributed by atoms with Crippen molar-refractivity contribution in [3.8, 4) is 0 Å². The number of hydrogen-bond donors (Lipinski definition) is 2. The van der Waals surface area contributed by atoms with Crippen LogP contribution in [0.25, 0.3) is 0 Å². The zero-order valence-electron chi connectivity index (χ0n) is 6.74. The van der Waals surface area contributed by atoms with Crippen molar-refractivity contribution < 1.29 is 9.63 Å². The first kappa shape index (κ1) is 8.47. The molecule has 0 aliphatic heterocycles. The Bertz CT molecular complexity index is 283. The summed E-state index contributed by atoms with van der Waals surface area (Å²) in [7, 11) is 2.83. The third-order valence-electron chi connectivity index (χ3n) is 1.27. The van der Waals surface area contributed by atoms with Gasteiger partial charge in [-0.1, -0.05) is 0 Å². The van der Waals surface area contributed by atoms with Crippen LogP contribution in [0.15, 0.2) is 0 Å². The third-order valence-corrected chi connectivity index (χ3v) is 1.27. The monoisotopic (exact) mass is 171 g/mol. The highest BCUT2D eigenvalue weighted by Gasteiger charge is 2.14. The van der Waals surface area contributed by atoms with E-state index in [-0.39, 0.29) is 11.8 Å². The van der Waals surface area contributed by atoms with Crippen LogP contribution in [-0.2, 0) is 4.84 Å². The molecule has 1 amide bonds. The minimum absolute atomic E-state index is 0.0304. The minimum atomic E-state index is -0.429. The maximum absolute atomic E-state index is 11.2. The lowest BCUT2D eigenvalue weighted by Gasteiger charge is -2.10. The van der Waals surface area contributed by atoms with E-state index in [4.69, 9.17) is 5.73 Å². The van der Waals surface area contributed by atoms with Gasteiger partial charge in [0.2, 0.25) is 11.8 Å². The molecule has 0 spiro atoms. The Kier molecular flexibility index (Phi) is 2.24. The number of amides is 1. The molecule has 0 aliphatic carbocycles. The zero-order chi connectivity index (χ0) is 9.14. The number of carbonyl (C=O) groups is 1. The van der Waals surface area contributed by atoms with E-state index in [2.05, 4.69) is 20.0 Å². The van der Waals surface area contributed by atoms with Crippen LogP contribution in [0.3, 0.4) is 0 Å². The van der Waals surface area contributed by atoms with Crippen LogP contribution < -0.4 is 5.73 Å². The van der Waals surface area contributed by atoms with Gasteiger partial charge in [-0.3, -0.25) is 14.7 Å². The van der Waals surface area contributed by atoms with E-state index in [9.17, 15) is 4.79 Å². The Morgan fingerprint density at radius 1 is 1.75 bits per heavy atom. The minimum Gasteiger partial charge on any atom is -0.366 e. The number of hydroxylamine groups is 2. The predicted molar refractivity (Wildman–Crippen MR) is 39.9 cm³/mol. The van der Waals surface area contributed by atoms with E-state index in [0.29, 0.717) is 0 Å². The van der Waals surface area contributed by atoms with Gasteiger partial charge in [-0.2, -0.15) is 4.98 Å². The number of H-pyrrole nitrogens is 1. The molecule has 0 saturated heterocycles. The Labute approximate surface area is 68.5 Å². The fourth-order valence-electron chi connectivity index (χ4n) is 0.602. The summed E-state index contributed by atoms with van der Waals surface area (Å²) in [4.78, 5) is 19.5. The van der Waals surface area contributed by atoms with Crippen molar-refractivity contribution in [1.82, 2.24) is 20.2 Å². The van der Waals surface area contributed by atoms with Crippen molar-refractivity contribution in [2.45, 2.75) is 0 Å².